The van der Waals surface area contributed by atoms with Gasteiger partial charge < -0.3 is 5.32 Å². The zero-order chi connectivity index (χ0) is 14.4. The highest BCUT2D eigenvalue weighted by atomic mass is 19.1. The summed E-state index contributed by atoms with van der Waals surface area (Å²) in [7, 11) is 0. The summed E-state index contributed by atoms with van der Waals surface area (Å²) in [4.78, 5) is 0. The molecule has 1 N–H and O–H groups in total. The first-order valence-electron chi connectivity index (χ1n) is 7.33. The Hall–Kier alpha value is -1.67. The fourth-order valence-electron chi connectivity index (χ4n) is 2.31. The van der Waals surface area contributed by atoms with E-state index in [-0.39, 0.29) is 5.82 Å². The number of nitrogens with one attached hydrogen (secondary N) is 1. The standard InChI is InChI=1S/C18H22FN/c1-3-5-14-6-9-16(10-7-14)17-11-8-15(12-18(17)19)13-20-4-2/h6-12,20H,3-5,13H2,1-2H3. The molecule has 0 aliphatic heterocycles. The number of aryl methyl sites for hydroxylation is 1. The Balaban J connectivity index is 2.19. The predicted molar refractivity (Wildman–Crippen MR) is 83.2 cm³/mol. The summed E-state index contributed by atoms with van der Waals surface area (Å²) in [6.07, 6.45) is 2.21. The lowest BCUT2D eigenvalue weighted by atomic mass is 10.0. The van der Waals surface area contributed by atoms with E-state index in [9.17, 15) is 4.39 Å². The van der Waals surface area contributed by atoms with Gasteiger partial charge in [-0.05, 0) is 35.7 Å². The van der Waals surface area contributed by atoms with Crippen molar-refractivity contribution < 1.29 is 4.39 Å². The smallest absolute Gasteiger partial charge is 0.131 e. The molecule has 2 aromatic rings. The Morgan fingerprint density at radius 1 is 0.950 bits per heavy atom. The molecule has 0 unspecified atom stereocenters. The van der Waals surface area contributed by atoms with E-state index < -0.39 is 0 Å². The third-order valence-corrected chi connectivity index (χ3v) is 3.42. The van der Waals surface area contributed by atoms with Crippen LogP contribution in [0.5, 0.6) is 0 Å². The van der Waals surface area contributed by atoms with E-state index in [0.717, 1.165) is 30.5 Å². The number of rotatable bonds is 6. The number of hydrogen-bond acceptors (Lipinski definition) is 1. The Morgan fingerprint density at radius 2 is 1.65 bits per heavy atom. The third kappa shape index (κ3) is 3.67. The van der Waals surface area contributed by atoms with E-state index in [4.69, 9.17) is 0 Å². The van der Waals surface area contributed by atoms with Gasteiger partial charge in [0.25, 0.3) is 0 Å². The molecule has 0 aromatic heterocycles. The van der Waals surface area contributed by atoms with Crippen molar-refractivity contribution in [3.05, 3.63) is 59.4 Å². The average Bonchev–Trinajstić information content (AvgIpc) is 2.47. The molecule has 0 aliphatic carbocycles. The van der Waals surface area contributed by atoms with Gasteiger partial charge in [0.05, 0.1) is 0 Å². The van der Waals surface area contributed by atoms with Crippen LogP contribution in [0.4, 0.5) is 4.39 Å². The first-order valence-corrected chi connectivity index (χ1v) is 7.33. The van der Waals surface area contributed by atoms with Crippen LogP contribution in [0.1, 0.15) is 31.4 Å². The molecule has 0 saturated heterocycles. The van der Waals surface area contributed by atoms with Crippen molar-refractivity contribution in [3.63, 3.8) is 0 Å². The van der Waals surface area contributed by atoms with Crippen molar-refractivity contribution in [2.75, 3.05) is 6.54 Å². The molecular weight excluding hydrogens is 249 g/mol. The highest BCUT2D eigenvalue weighted by Gasteiger charge is 2.06. The molecule has 1 nitrogen and oxygen atoms in total. The molecule has 0 saturated carbocycles. The minimum atomic E-state index is -0.149. The molecular formula is C18H22FN. The molecule has 2 heteroatoms. The lowest BCUT2D eigenvalue weighted by molar-refractivity contribution is 0.625. The minimum absolute atomic E-state index is 0.149. The molecule has 0 fully saturated rings. The van der Waals surface area contributed by atoms with Crippen molar-refractivity contribution in [2.24, 2.45) is 0 Å². The lowest BCUT2D eigenvalue weighted by Gasteiger charge is -2.08. The molecule has 0 amide bonds. The van der Waals surface area contributed by atoms with E-state index in [1.165, 1.54) is 5.56 Å². The average molecular weight is 271 g/mol. The molecule has 0 heterocycles. The van der Waals surface area contributed by atoms with E-state index >= 15 is 0 Å². The van der Waals surface area contributed by atoms with E-state index in [1.54, 1.807) is 6.07 Å². The van der Waals surface area contributed by atoms with E-state index in [2.05, 4.69) is 24.4 Å². The third-order valence-electron chi connectivity index (χ3n) is 3.42. The van der Waals surface area contributed by atoms with Gasteiger partial charge in [-0.3, -0.25) is 0 Å². The number of hydrogen-bond donors (Lipinski definition) is 1. The molecule has 20 heavy (non-hydrogen) atoms. The number of benzene rings is 2. The maximum Gasteiger partial charge on any atom is 0.131 e. The van der Waals surface area contributed by atoms with Crippen molar-refractivity contribution >= 4 is 0 Å². The maximum absolute atomic E-state index is 14.2. The number of halogens is 1. The maximum atomic E-state index is 14.2. The van der Waals surface area contributed by atoms with Crippen LogP contribution in [-0.4, -0.2) is 6.54 Å². The second kappa shape index (κ2) is 7.20. The summed E-state index contributed by atoms with van der Waals surface area (Å²) in [6, 6.07) is 13.7. The fourth-order valence-corrected chi connectivity index (χ4v) is 2.31. The zero-order valence-electron chi connectivity index (χ0n) is 12.2. The van der Waals surface area contributed by atoms with Crippen molar-refractivity contribution in [1.29, 1.82) is 0 Å². The molecule has 2 aromatic carbocycles. The van der Waals surface area contributed by atoms with Crippen LogP contribution < -0.4 is 5.32 Å². The normalized spacial score (nSPS) is 10.8. The monoisotopic (exact) mass is 271 g/mol. The first kappa shape index (κ1) is 14.7. The minimum Gasteiger partial charge on any atom is -0.313 e. The molecule has 0 spiro atoms. The van der Waals surface area contributed by atoms with Gasteiger partial charge in [0.2, 0.25) is 0 Å². The molecule has 106 valence electrons. The van der Waals surface area contributed by atoms with Gasteiger partial charge in [-0.1, -0.05) is 56.7 Å². The van der Waals surface area contributed by atoms with E-state index in [1.807, 2.05) is 31.2 Å². The van der Waals surface area contributed by atoms with Gasteiger partial charge in [0, 0.05) is 12.1 Å². The topological polar surface area (TPSA) is 12.0 Å². The second-order valence-electron chi connectivity index (χ2n) is 5.04. The lowest BCUT2D eigenvalue weighted by Crippen LogP contribution is -2.11. The Labute approximate surface area is 120 Å². The zero-order valence-corrected chi connectivity index (χ0v) is 12.2. The van der Waals surface area contributed by atoms with Gasteiger partial charge >= 0.3 is 0 Å². The summed E-state index contributed by atoms with van der Waals surface area (Å²) >= 11 is 0. The van der Waals surface area contributed by atoms with Crippen LogP contribution in [0.2, 0.25) is 0 Å². The van der Waals surface area contributed by atoms with Crippen LogP contribution in [0.3, 0.4) is 0 Å². The quantitative estimate of drug-likeness (QED) is 0.812. The predicted octanol–water partition coefficient (Wildman–Crippen LogP) is 4.55. The Morgan fingerprint density at radius 3 is 2.25 bits per heavy atom. The largest absolute Gasteiger partial charge is 0.313 e. The Bertz CT molecular complexity index is 546. The molecule has 0 atom stereocenters. The summed E-state index contributed by atoms with van der Waals surface area (Å²) in [5, 5.41) is 3.21. The Kier molecular flexibility index (Phi) is 5.31. The summed E-state index contributed by atoms with van der Waals surface area (Å²) < 4.78 is 14.2. The SMILES string of the molecule is CCCc1ccc(-c2ccc(CNCC)cc2F)cc1. The van der Waals surface area contributed by atoms with Gasteiger partial charge in [-0.25, -0.2) is 4.39 Å². The molecule has 0 aliphatic rings. The van der Waals surface area contributed by atoms with Crippen molar-refractivity contribution in [3.8, 4) is 11.1 Å². The van der Waals surface area contributed by atoms with Crippen LogP contribution in [0.15, 0.2) is 42.5 Å². The van der Waals surface area contributed by atoms with Crippen LogP contribution in [0, 0.1) is 5.82 Å². The van der Waals surface area contributed by atoms with Gasteiger partial charge in [-0.2, -0.15) is 0 Å². The highest BCUT2D eigenvalue weighted by Crippen LogP contribution is 2.24. The van der Waals surface area contributed by atoms with Crippen molar-refractivity contribution in [2.45, 2.75) is 33.2 Å². The van der Waals surface area contributed by atoms with Crippen LogP contribution in [0.25, 0.3) is 11.1 Å². The highest BCUT2D eigenvalue weighted by molar-refractivity contribution is 5.64. The summed E-state index contributed by atoms with van der Waals surface area (Å²) in [5.74, 6) is -0.149. The second-order valence-corrected chi connectivity index (χ2v) is 5.04. The van der Waals surface area contributed by atoms with E-state index in [0.29, 0.717) is 12.1 Å². The van der Waals surface area contributed by atoms with Gasteiger partial charge in [0.1, 0.15) is 5.82 Å². The van der Waals surface area contributed by atoms with Crippen LogP contribution >= 0.6 is 0 Å². The van der Waals surface area contributed by atoms with Gasteiger partial charge in [-0.15, -0.1) is 0 Å². The summed E-state index contributed by atoms with van der Waals surface area (Å²) in [6.45, 7) is 5.81. The van der Waals surface area contributed by atoms with Gasteiger partial charge in [0.15, 0.2) is 0 Å². The molecule has 0 bridgehead atoms. The fraction of sp³-hybridized carbons (Fsp3) is 0.333. The molecule has 0 radical (unpaired) electrons. The van der Waals surface area contributed by atoms with Crippen molar-refractivity contribution in [1.82, 2.24) is 5.32 Å². The summed E-state index contributed by atoms with van der Waals surface area (Å²) in [5.41, 5.74) is 3.90. The molecule has 2 rings (SSSR count). The first-order chi connectivity index (χ1) is 9.74. The van der Waals surface area contributed by atoms with Crippen LogP contribution in [-0.2, 0) is 13.0 Å².